The Morgan fingerprint density at radius 2 is 1.85 bits per heavy atom. The van der Waals surface area contributed by atoms with Crippen molar-refractivity contribution >= 4 is 11.7 Å². The highest BCUT2D eigenvalue weighted by Gasteiger charge is 2.25. The molecule has 0 bridgehead atoms. The van der Waals surface area contributed by atoms with E-state index >= 15 is 0 Å². The summed E-state index contributed by atoms with van der Waals surface area (Å²) >= 11 is 0. The summed E-state index contributed by atoms with van der Waals surface area (Å²) in [5.74, 6) is 1.24. The summed E-state index contributed by atoms with van der Waals surface area (Å²) in [5, 5.41) is 11.3. The van der Waals surface area contributed by atoms with Crippen molar-refractivity contribution in [1.29, 1.82) is 0 Å². The lowest BCUT2D eigenvalue weighted by molar-refractivity contribution is -0.139. The minimum atomic E-state index is -0.929. The van der Waals surface area contributed by atoms with E-state index in [1.807, 2.05) is 60.4 Å². The van der Waals surface area contributed by atoms with E-state index in [0.717, 1.165) is 22.4 Å². The van der Waals surface area contributed by atoms with E-state index in [-0.39, 0.29) is 19.3 Å². The van der Waals surface area contributed by atoms with Gasteiger partial charge in [-0.15, -0.1) is 0 Å². The van der Waals surface area contributed by atoms with Crippen LogP contribution in [0.25, 0.3) is 0 Å². The quantitative estimate of drug-likeness (QED) is 0.521. The number of benzene rings is 3. The van der Waals surface area contributed by atoms with Crippen LogP contribution in [-0.4, -0.2) is 38.6 Å². The van der Waals surface area contributed by atoms with Crippen molar-refractivity contribution in [2.24, 2.45) is 0 Å². The number of rotatable bonds is 8. The molecule has 7 nitrogen and oxygen atoms in total. The van der Waals surface area contributed by atoms with E-state index in [1.54, 1.807) is 19.2 Å². The van der Waals surface area contributed by atoms with Crippen molar-refractivity contribution in [2.75, 3.05) is 32.5 Å². The first-order valence-electron chi connectivity index (χ1n) is 10.6. The SMILES string of the molecule is COC(=O)CN(Cc1ccccc1C(O)c1cc(OC)c2c(c1)OCO2)c1ccccc1C. The molecule has 0 spiro atoms. The standard InChI is InChI=1S/C26H27NO6/c1-17-8-4-7-11-21(17)27(15-24(28)31-3)14-18-9-5-6-10-20(18)25(29)19-12-22(30-2)26-23(13-19)32-16-33-26/h4-13,25,29H,14-16H2,1-3H3. The molecule has 0 saturated carbocycles. The van der Waals surface area contributed by atoms with Crippen molar-refractivity contribution in [3.8, 4) is 17.2 Å². The number of aliphatic hydroxyl groups is 1. The summed E-state index contributed by atoms with van der Waals surface area (Å²) < 4.78 is 21.3. The van der Waals surface area contributed by atoms with Crippen LogP contribution in [0.4, 0.5) is 5.69 Å². The first-order chi connectivity index (χ1) is 16.0. The van der Waals surface area contributed by atoms with Gasteiger partial charge < -0.3 is 29.0 Å². The van der Waals surface area contributed by atoms with Gasteiger partial charge in [-0.3, -0.25) is 4.79 Å². The van der Waals surface area contributed by atoms with Crippen molar-refractivity contribution in [3.63, 3.8) is 0 Å². The van der Waals surface area contributed by atoms with Crippen LogP contribution >= 0.6 is 0 Å². The third kappa shape index (κ3) is 4.73. The van der Waals surface area contributed by atoms with Crippen LogP contribution in [0, 0.1) is 6.92 Å². The highest BCUT2D eigenvalue weighted by Crippen LogP contribution is 2.44. The van der Waals surface area contributed by atoms with Crippen LogP contribution in [0.15, 0.2) is 60.7 Å². The van der Waals surface area contributed by atoms with E-state index in [1.165, 1.54) is 7.11 Å². The Labute approximate surface area is 193 Å². The number of esters is 1. The van der Waals surface area contributed by atoms with Crippen molar-refractivity contribution < 1.29 is 28.8 Å². The number of hydrogen-bond donors (Lipinski definition) is 1. The lowest BCUT2D eigenvalue weighted by Gasteiger charge is -2.27. The zero-order chi connectivity index (χ0) is 23.4. The Bertz CT molecular complexity index is 1150. The van der Waals surface area contributed by atoms with Gasteiger partial charge in [0.15, 0.2) is 11.5 Å². The number of anilines is 1. The van der Waals surface area contributed by atoms with Crippen LogP contribution in [0.5, 0.6) is 17.2 Å². The molecule has 1 atom stereocenters. The predicted molar refractivity (Wildman–Crippen MR) is 124 cm³/mol. The lowest BCUT2D eigenvalue weighted by Crippen LogP contribution is -2.31. The Hall–Kier alpha value is -3.71. The smallest absolute Gasteiger partial charge is 0.325 e. The average molecular weight is 450 g/mol. The number of nitrogens with zero attached hydrogens (tertiary/aromatic N) is 1. The first kappa shape index (κ1) is 22.5. The molecule has 33 heavy (non-hydrogen) atoms. The Balaban J connectivity index is 1.69. The molecule has 0 aliphatic carbocycles. The highest BCUT2D eigenvalue weighted by atomic mass is 16.7. The summed E-state index contributed by atoms with van der Waals surface area (Å²) in [6.45, 7) is 2.61. The van der Waals surface area contributed by atoms with E-state index in [2.05, 4.69) is 0 Å². The summed E-state index contributed by atoms with van der Waals surface area (Å²) in [4.78, 5) is 14.1. The van der Waals surface area contributed by atoms with Gasteiger partial charge in [0, 0.05) is 12.2 Å². The highest BCUT2D eigenvalue weighted by molar-refractivity contribution is 5.76. The van der Waals surface area contributed by atoms with E-state index in [4.69, 9.17) is 18.9 Å². The predicted octanol–water partition coefficient (Wildman–Crippen LogP) is 3.99. The molecule has 4 rings (SSSR count). The minimum absolute atomic E-state index is 0.0869. The number of fused-ring (bicyclic) bond motifs is 1. The molecule has 0 saturated heterocycles. The van der Waals surface area contributed by atoms with Crippen molar-refractivity contribution in [3.05, 3.63) is 82.9 Å². The van der Waals surface area contributed by atoms with Crippen molar-refractivity contribution in [1.82, 2.24) is 0 Å². The molecule has 1 unspecified atom stereocenters. The second kappa shape index (κ2) is 9.83. The number of carbonyl (C=O) groups is 1. The molecule has 7 heteroatoms. The molecule has 172 valence electrons. The number of methoxy groups -OCH3 is 2. The fourth-order valence-electron chi connectivity index (χ4n) is 4.00. The molecule has 0 aromatic heterocycles. The van der Waals surface area contributed by atoms with E-state index in [9.17, 15) is 9.90 Å². The van der Waals surface area contributed by atoms with E-state index < -0.39 is 6.10 Å². The maximum Gasteiger partial charge on any atom is 0.325 e. The minimum Gasteiger partial charge on any atom is -0.493 e. The van der Waals surface area contributed by atoms with Gasteiger partial charge >= 0.3 is 5.97 Å². The summed E-state index contributed by atoms with van der Waals surface area (Å²) in [5.41, 5.74) is 4.20. The Morgan fingerprint density at radius 3 is 2.61 bits per heavy atom. The van der Waals surface area contributed by atoms with Crippen LogP contribution < -0.4 is 19.1 Å². The molecular weight excluding hydrogens is 422 g/mol. The van der Waals surface area contributed by atoms with Crippen LogP contribution in [0.1, 0.15) is 28.4 Å². The molecule has 0 amide bonds. The molecule has 1 heterocycles. The maximum absolute atomic E-state index is 12.2. The number of aliphatic hydroxyl groups excluding tert-OH is 1. The summed E-state index contributed by atoms with van der Waals surface area (Å²) in [6.07, 6.45) is -0.929. The fourth-order valence-corrected chi connectivity index (χ4v) is 4.00. The zero-order valence-electron chi connectivity index (χ0n) is 18.9. The molecule has 1 N–H and O–H groups in total. The molecular formula is C26H27NO6. The maximum atomic E-state index is 12.2. The van der Waals surface area contributed by atoms with Gasteiger partial charge in [0.05, 0.1) is 14.2 Å². The van der Waals surface area contributed by atoms with Gasteiger partial charge in [-0.25, -0.2) is 0 Å². The van der Waals surface area contributed by atoms with Crippen LogP contribution in [-0.2, 0) is 16.1 Å². The first-order valence-corrected chi connectivity index (χ1v) is 10.6. The molecule has 0 fully saturated rings. The summed E-state index contributed by atoms with van der Waals surface area (Å²) in [7, 11) is 2.93. The molecule has 3 aromatic carbocycles. The molecule has 1 aliphatic rings. The van der Waals surface area contributed by atoms with Gasteiger partial charge in [0.1, 0.15) is 12.6 Å². The molecule has 0 radical (unpaired) electrons. The average Bonchev–Trinajstić information content (AvgIpc) is 3.32. The molecule has 1 aliphatic heterocycles. The third-order valence-electron chi connectivity index (χ3n) is 5.71. The number of aryl methyl sites for hydroxylation is 1. The Morgan fingerprint density at radius 1 is 1.09 bits per heavy atom. The Kier molecular flexibility index (Phi) is 6.70. The third-order valence-corrected chi connectivity index (χ3v) is 5.71. The lowest BCUT2D eigenvalue weighted by atomic mass is 9.95. The largest absolute Gasteiger partial charge is 0.493 e. The number of ether oxygens (including phenoxy) is 4. The second-order valence-electron chi connectivity index (χ2n) is 7.78. The fraction of sp³-hybridized carbons (Fsp3) is 0.269. The summed E-state index contributed by atoms with van der Waals surface area (Å²) in [6, 6.07) is 19.0. The molecule has 3 aromatic rings. The monoisotopic (exact) mass is 449 g/mol. The van der Waals surface area contributed by atoms with Crippen molar-refractivity contribution in [2.45, 2.75) is 19.6 Å². The van der Waals surface area contributed by atoms with Gasteiger partial charge in [-0.1, -0.05) is 42.5 Å². The van der Waals surface area contributed by atoms with Gasteiger partial charge in [0.25, 0.3) is 0 Å². The van der Waals surface area contributed by atoms with E-state index in [0.29, 0.717) is 29.4 Å². The van der Waals surface area contributed by atoms with Gasteiger partial charge in [0.2, 0.25) is 12.5 Å². The topological polar surface area (TPSA) is 77.5 Å². The van der Waals surface area contributed by atoms with Crippen LogP contribution in [0.3, 0.4) is 0 Å². The van der Waals surface area contributed by atoms with Crippen LogP contribution in [0.2, 0.25) is 0 Å². The number of hydrogen-bond acceptors (Lipinski definition) is 7. The zero-order valence-corrected chi connectivity index (χ0v) is 18.9. The van der Waals surface area contributed by atoms with Gasteiger partial charge in [-0.2, -0.15) is 0 Å². The van der Waals surface area contributed by atoms with Gasteiger partial charge in [-0.05, 0) is 47.4 Å². The second-order valence-corrected chi connectivity index (χ2v) is 7.78. The number of carbonyl (C=O) groups excluding carboxylic acids is 1. The normalized spacial score (nSPS) is 12.8. The number of para-hydroxylation sites is 1.